The van der Waals surface area contributed by atoms with Crippen LogP contribution in [0.4, 0.5) is 5.69 Å². The highest BCUT2D eigenvalue weighted by atomic mass is 35.5. The average Bonchev–Trinajstić information content (AvgIpc) is 2.42. The second-order valence-corrected chi connectivity index (χ2v) is 5.42. The predicted molar refractivity (Wildman–Crippen MR) is 83.4 cm³/mol. The molecule has 0 aliphatic carbocycles. The zero-order chi connectivity index (χ0) is 15.0. The minimum absolute atomic E-state index is 0.0490. The topological polar surface area (TPSA) is 55.2 Å². The molecule has 4 nitrogen and oxygen atoms in total. The molecule has 20 heavy (non-hydrogen) atoms. The van der Waals surface area contributed by atoms with Crippen LogP contribution < -0.4 is 5.32 Å². The summed E-state index contributed by atoms with van der Waals surface area (Å²) in [5.41, 5.74) is 1.03. The summed E-state index contributed by atoms with van der Waals surface area (Å²) >= 11 is 6.11. The Kier molecular flexibility index (Phi) is 7.55. The van der Waals surface area contributed by atoms with E-state index in [1.54, 1.807) is 6.07 Å². The van der Waals surface area contributed by atoms with Gasteiger partial charge in [-0.3, -0.25) is 10.1 Å². The van der Waals surface area contributed by atoms with Gasteiger partial charge in [-0.05, 0) is 37.8 Å². The smallest absolute Gasteiger partial charge is 0.270 e. The van der Waals surface area contributed by atoms with Crippen molar-refractivity contribution in [1.29, 1.82) is 0 Å². The third-order valence-corrected chi connectivity index (χ3v) is 3.68. The van der Waals surface area contributed by atoms with Gasteiger partial charge >= 0.3 is 0 Å². The molecule has 0 aliphatic heterocycles. The lowest BCUT2D eigenvalue weighted by atomic mass is 10.0. The Morgan fingerprint density at radius 3 is 2.60 bits per heavy atom. The van der Waals surface area contributed by atoms with Crippen molar-refractivity contribution in [2.75, 3.05) is 6.54 Å². The van der Waals surface area contributed by atoms with Gasteiger partial charge in [-0.1, -0.05) is 37.9 Å². The maximum atomic E-state index is 10.7. The number of nitrogens with zero attached hydrogens (tertiary/aromatic N) is 1. The summed E-state index contributed by atoms with van der Waals surface area (Å²) in [6, 6.07) is 5.22. The SMILES string of the molecule is CCCNC(CCC)CCc1ccc([N+](=O)[O-])cc1Cl. The first-order chi connectivity index (χ1) is 9.58. The fraction of sp³-hybridized carbons (Fsp3) is 0.600. The van der Waals surface area contributed by atoms with E-state index < -0.39 is 4.92 Å². The molecule has 1 aromatic rings. The largest absolute Gasteiger partial charge is 0.314 e. The van der Waals surface area contributed by atoms with Gasteiger partial charge in [0.2, 0.25) is 0 Å². The molecular formula is C15H23ClN2O2. The minimum atomic E-state index is -0.418. The second kappa shape index (κ2) is 8.93. The quantitative estimate of drug-likeness (QED) is 0.545. The van der Waals surface area contributed by atoms with Gasteiger partial charge in [0, 0.05) is 18.2 Å². The monoisotopic (exact) mass is 298 g/mol. The van der Waals surface area contributed by atoms with Crippen molar-refractivity contribution in [3.63, 3.8) is 0 Å². The Morgan fingerprint density at radius 2 is 2.05 bits per heavy atom. The van der Waals surface area contributed by atoms with Crippen LogP contribution in [0.1, 0.15) is 45.1 Å². The molecule has 0 saturated heterocycles. The number of hydrogen-bond acceptors (Lipinski definition) is 3. The lowest BCUT2D eigenvalue weighted by molar-refractivity contribution is -0.384. The van der Waals surface area contributed by atoms with Crippen LogP contribution in [0.3, 0.4) is 0 Å². The molecule has 0 radical (unpaired) electrons. The molecule has 112 valence electrons. The molecule has 1 rings (SSSR count). The highest BCUT2D eigenvalue weighted by molar-refractivity contribution is 6.31. The standard InChI is InChI=1S/C15H23ClN2O2/c1-3-5-13(17-10-4-2)8-6-12-7-9-14(18(19)20)11-15(12)16/h7,9,11,13,17H,3-6,8,10H2,1-2H3. The molecule has 0 aromatic heterocycles. The number of aryl methyl sites for hydroxylation is 1. The highest BCUT2D eigenvalue weighted by Crippen LogP contribution is 2.24. The van der Waals surface area contributed by atoms with Gasteiger partial charge in [-0.25, -0.2) is 0 Å². The van der Waals surface area contributed by atoms with Crippen LogP contribution in [0.15, 0.2) is 18.2 Å². The van der Waals surface area contributed by atoms with Crippen LogP contribution in [0.25, 0.3) is 0 Å². The number of nitro benzene ring substituents is 1. The fourth-order valence-electron chi connectivity index (χ4n) is 2.23. The number of non-ortho nitro benzene ring substituents is 1. The van der Waals surface area contributed by atoms with Crippen molar-refractivity contribution in [3.05, 3.63) is 38.9 Å². The number of rotatable bonds is 9. The van der Waals surface area contributed by atoms with Crippen LogP contribution in [0.2, 0.25) is 5.02 Å². The second-order valence-electron chi connectivity index (χ2n) is 5.01. The third-order valence-electron chi connectivity index (χ3n) is 3.33. The maximum absolute atomic E-state index is 10.7. The first kappa shape index (κ1) is 16.9. The Labute approximate surface area is 125 Å². The van der Waals surface area contributed by atoms with Crippen molar-refractivity contribution in [2.24, 2.45) is 0 Å². The zero-order valence-corrected chi connectivity index (χ0v) is 12.9. The Bertz CT molecular complexity index is 438. The number of hydrogen-bond donors (Lipinski definition) is 1. The van der Waals surface area contributed by atoms with Gasteiger partial charge in [0.05, 0.1) is 9.95 Å². The molecular weight excluding hydrogens is 276 g/mol. The molecule has 0 saturated carbocycles. The van der Waals surface area contributed by atoms with Gasteiger partial charge in [0.25, 0.3) is 5.69 Å². The van der Waals surface area contributed by atoms with Crippen LogP contribution in [0, 0.1) is 10.1 Å². The van der Waals surface area contributed by atoms with Crippen LogP contribution in [0.5, 0.6) is 0 Å². The summed E-state index contributed by atoms with van der Waals surface area (Å²) in [6.07, 6.45) is 5.27. The van der Waals surface area contributed by atoms with E-state index in [2.05, 4.69) is 19.2 Å². The molecule has 0 aliphatic rings. The molecule has 0 bridgehead atoms. The Morgan fingerprint density at radius 1 is 1.30 bits per heavy atom. The van der Waals surface area contributed by atoms with Crippen molar-refractivity contribution in [3.8, 4) is 0 Å². The minimum Gasteiger partial charge on any atom is -0.314 e. The zero-order valence-electron chi connectivity index (χ0n) is 12.2. The molecule has 1 aromatic carbocycles. The molecule has 1 N–H and O–H groups in total. The number of nitrogens with one attached hydrogen (secondary N) is 1. The van der Waals surface area contributed by atoms with Gasteiger partial charge in [-0.15, -0.1) is 0 Å². The molecule has 0 heterocycles. The number of benzene rings is 1. The highest BCUT2D eigenvalue weighted by Gasteiger charge is 2.12. The fourth-order valence-corrected chi connectivity index (χ4v) is 2.50. The van der Waals surface area contributed by atoms with Crippen LogP contribution in [-0.2, 0) is 6.42 Å². The molecule has 1 unspecified atom stereocenters. The molecule has 1 atom stereocenters. The van der Waals surface area contributed by atoms with Gasteiger partial charge in [-0.2, -0.15) is 0 Å². The van der Waals surface area contributed by atoms with E-state index in [-0.39, 0.29) is 5.69 Å². The van der Waals surface area contributed by atoms with Gasteiger partial charge in [0.15, 0.2) is 0 Å². The number of nitro groups is 1. The van der Waals surface area contributed by atoms with E-state index in [1.165, 1.54) is 12.1 Å². The molecule has 5 heteroatoms. The molecule has 0 amide bonds. The van der Waals surface area contributed by atoms with E-state index >= 15 is 0 Å². The van der Waals surface area contributed by atoms with Crippen LogP contribution >= 0.6 is 11.6 Å². The first-order valence-electron chi connectivity index (χ1n) is 7.24. The summed E-state index contributed by atoms with van der Waals surface area (Å²) < 4.78 is 0. The van der Waals surface area contributed by atoms with Crippen LogP contribution in [-0.4, -0.2) is 17.5 Å². The Balaban J connectivity index is 2.60. The van der Waals surface area contributed by atoms with Gasteiger partial charge < -0.3 is 5.32 Å². The summed E-state index contributed by atoms with van der Waals surface area (Å²) in [4.78, 5) is 10.3. The molecule has 0 fully saturated rings. The van der Waals surface area contributed by atoms with Crippen molar-refractivity contribution >= 4 is 17.3 Å². The first-order valence-corrected chi connectivity index (χ1v) is 7.62. The predicted octanol–water partition coefficient (Wildman–Crippen LogP) is 4.35. The van der Waals surface area contributed by atoms with E-state index in [0.29, 0.717) is 11.1 Å². The maximum Gasteiger partial charge on any atom is 0.270 e. The van der Waals surface area contributed by atoms with E-state index in [1.807, 2.05) is 0 Å². The number of halogens is 1. The average molecular weight is 299 g/mol. The normalized spacial score (nSPS) is 12.3. The summed E-state index contributed by atoms with van der Waals surface area (Å²) in [6.45, 7) is 5.36. The van der Waals surface area contributed by atoms with E-state index in [4.69, 9.17) is 11.6 Å². The lowest BCUT2D eigenvalue weighted by Crippen LogP contribution is -2.30. The molecule has 0 spiro atoms. The third kappa shape index (κ3) is 5.47. The van der Waals surface area contributed by atoms with Gasteiger partial charge in [0.1, 0.15) is 0 Å². The summed E-state index contributed by atoms with van der Waals surface area (Å²) in [7, 11) is 0. The Hall–Kier alpha value is -1.13. The van der Waals surface area contributed by atoms with E-state index in [9.17, 15) is 10.1 Å². The summed E-state index contributed by atoms with van der Waals surface area (Å²) in [5.74, 6) is 0. The van der Waals surface area contributed by atoms with Crippen molar-refractivity contribution in [2.45, 2.75) is 52.0 Å². The van der Waals surface area contributed by atoms with Crippen molar-refractivity contribution < 1.29 is 4.92 Å². The summed E-state index contributed by atoms with van der Waals surface area (Å²) in [5, 5.41) is 14.7. The lowest BCUT2D eigenvalue weighted by Gasteiger charge is -2.18. The van der Waals surface area contributed by atoms with E-state index in [0.717, 1.165) is 44.2 Å². The van der Waals surface area contributed by atoms with Crippen molar-refractivity contribution in [1.82, 2.24) is 5.32 Å².